The van der Waals surface area contributed by atoms with Gasteiger partial charge in [0.15, 0.2) is 0 Å². The van der Waals surface area contributed by atoms with Crippen LogP contribution in [0.5, 0.6) is 0 Å². The summed E-state index contributed by atoms with van der Waals surface area (Å²) in [5, 5.41) is 6.12. The zero-order valence-electron chi connectivity index (χ0n) is 8.88. The van der Waals surface area contributed by atoms with Gasteiger partial charge < -0.3 is 10.6 Å². The van der Waals surface area contributed by atoms with Crippen LogP contribution in [0.2, 0.25) is 0 Å². The summed E-state index contributed by atoms with van der Waals surface area (Å²) < 4.78 is 0. The molecule has 14 heavy (non-hydrogen) atoms. The smallest absolute Gasteiger partial charge is 0.233 e. The first-order valence-electron chi connectivity index (χ1n) is 5.48. The third-order valence-corrected chi connectivity index (χ3v) is 2.39. The number of hydrogen-bond acceptors (Lipinski definition) is 2. The second-order valence-corrected chi connectivity index (χ2v) is 3.71. The van der Waals surface area contributed by atoms with Gasteiger partial charge in [-0.3, -0.25) is 4.79 Å². The summed E-state index contributed by atoms with van der Waals surface area (Å²) in [6.07, 6.45) is 8.73. The van der Waals surface area contributed by atoms with Crippen LogP contribution in [0.4, 0.5) is 0 Å². The molecule has 0 spiro atoms. The van der Waals surface area contributed by atoms with Crippen molar-refractivity contribution in [2.45, 2.75) is 38.6 Å². The highest BCUT2D eigenvalue weighted by molar-refractivity contribution is 5.77. The van der Waals surface area contributed by atoms with Gasteiger partial charge in [0.25, 0.3) is 0 Å². The van der Waals surface area contributed by atoms with Crippen molar-refractivity contribution in [1.29, 1.82) is 0 Å². The summed E-state index contributed by atoms with van der Waals surface area (Å²) in [6, 6.07) is 0.493. The van der Waals surface area contributed by atoms with Crippen LogP contribution >= 0.6 is 0 Å². The van der Waals surface area contributed by atoms with E-state index in [0.717, 1.165) is 32.2 Å². The Morgan fingerprint density at radius 2 is 2.36 bits per heavy atom. The number of carbonyl (C=O) groups is 1. The highest BCUT2D eigenvalue weighted by Crippen LogP contribution is 2.09. The van der Waals surface area contributed by atoms with Gasteiger partial charge in [-0.2, -0.15) is 0 Å². The molecule has 0 bridgehead atoms. The standard InChI is InChI=1S/C11H20N2O/c1-2-8-12-11(14)9-13-10-6-4-3-5-7-10/h3-4,10,13H,2,5-9H2,1H3,(H,12,14). The number of hydrogen-bond donors (Lipinski definition) is 2. The van der Waals surface area contributed by atoms with Gasteiger partial charge in [-0.1, -0.05) is 19.1 Å². The Morgan fingerprint density at radius 1 is 1.50 bits per heavy atom. The predicted octanol–water partition coefficient (Wildman–Crippen LogP) is 1.21. The summed E-state index contributed by atoms with van der Waals surface area (Å²) in [4.78, 5) is 11.3. The van der Waals surface area contributed by atoms with Crippen LogP contribution in [-0.2, 0) is 4.79 Å². The Bertz CT molecular complexity index is 201. The first-order chi connectivity index (χ1) is 6.83. The molecule has 1 unspecified atom stereocenters. The molecule has 1 aliphatic carbocycles. The van der Waals surface area contributed by atoms with Crippen molar-refractivity contribution in [3.05, 3.63) is 12.2 Å². The highest BCUT2D eigenvalue weighted by atomic mass is 16.1. The molecule has 0 radical (unpaired) electrons. The average Bonchev–Trinajstić information content (AvgIpc) is 2.25. The molecular formula is C11H20N2O. The first-order valence-corrected chi connectivity index (χ1v) is 5.48. The van der Waals surface area contributed by atoms with Gasteiger partial charge in [-0.25, -0.2) is 0 Å². The number of amides is 1. The molecule has 0 heterocycles. The Balaban J connectivity index is 2.07. The van der Waals surface area contributed by atoms with Crippen LogP contribution in [-0.4, -0.2) is 25.0 Å². The van der Waals surface area contributed by atoms with Gasteiger partial charge >= 0.3 is 0 Å². The van der Waals surface area contributed by atoms with Gasteiger partial charge in [0, 0.05) is 12.6 Å². The number of allylic oxidation sites excluding steroid dienone is 1. The second-order valence-electron chi connectivity index (χ2n) is 3.71. The van der Waals surface area contributed by atoms with Crippen LogP contribution in [0.25, 0.3) is 0 Å². The Hall–Kier alpha value is -0.830. The number of nitrogens with one attached hydrogen (secondary N) is 2. The van der Waals surface area contributed by atoms with Gasteiger partial charge in [-0.15, -0.1) is 0 Å². The minimum absolute atomic E-state index is 0.112. The highest BCUT2D eigenvalue weighted by Gasteiger charge is 2.10. The zero-order valence-corrected chi connectivity index (χ0v) is 8.88. The van der Waals surface area contributed by atoms with Gasteiger partial charge in [0.1, 0.15) is 0 Å². The second kappa shape index (κ2) is 6.60. The topological polar surface area (TPSA) is 41.1 Å². The molecule has 1 rings (SSSR count). The summed E-state index contributed by atoms with van der Waals surface area (Å²) in [7, 11) is 0. The van der Waals surface area contributed by atoms with E-state index in [0.29, 0.717) is 12.6 Å². The van der Waals surface area contributed by atoms with Crippen molar-refractivity contribution in [3.8, 4) is 0 Å². The molecule has 0 aromatic rings. The molecule has 0 aliphatic heterocycles. The van der Waals surface area contributed by atoms with Crippen molar-refractivity contribution >= 4 is 5.91 Å². The van der Waals surface area contributed by atoms with Crippen molar-refractivity contribution in [3.63, 3.8) is 0 Å². The van der Waals surface area contributed by atoms with E-state index in [2.05, 4.69) is 29.7 Å². The number of carbonyl (C=O) groups excluding carboxylic acids is 1. The monoisotopic (exact) mass is 196 g/mol. The lowest BCUT2D eigenvalue weighted by molar-refractivity contribution is -0.120. The molecule has 0 saturated heterocycles. The van der Waals surface area contributed by atoms with Gasteiger partial charge in [0.2, 0.25) is 5.91 Å². The third-order valence-electron chi connectivity index (χ3n) is 2.39. The van der Waals surface area contributed by atoms with Crippen molar-refractivity contribution in [2.75, 3.05) is 13.1 Å². The van der Waals surface area contributed by atoms with E-state index < -0.39 is 0 Å². The molecule has 1 atom stereocenters. The Kier molecular flexibility index (Phi) is 5.30. The van der Waals surface area contributed by atoms with E-state index in [1.165, 1.54) is 0 Å². The number of rotatable bonds is 5. The van der Waals surface area contributed by atoms with E-state index >= 15 is 0 Å². The normalized spacial score (nSPS) is 20.8. The van der Waals surface area contributed by atoms with E-state index in [9.17, 15) is 4.79 Å². The van der Waals surface area contributed by atoms with Crippen LogP contribution in [0, 0.1) is 0 Å². The average molecular weight is 196 g/mol. The molecular weight excluding hydrogens is 176 g/mol. The Labute approximate surface area is 86.0 Å². The van der Waals surface area contributed by atoms with Crippen LogP contribution in [0.1, 0.15) is 32.6 Å². The van der Waals surface area contributed by atoms with E-state index in [4.69, 9.17) is 0 Å². The lowest BCUT2D eigenvalue weighted by Gasteiger charge is -2.18. The predicted molar refractivity (Wildman–Crippen MR) is 58.1 cm³/mol. The van der Waals surface area contributed by atoms with Gasteiger partial charge in [0.05, 0.1) is 6.54 Å². The van der Waals surface area contributed by atoms with Crippen molar-refractivity contribution < 1.29 is 4.79 Å². The maximum absolute atomic E-state index is 11.3. The first kappa shape index (κ1) is 11.2. The van der Waals surface area contributed by atoms with Crippen LogP contribution < -0.4 is 10.6 Å². The third kappa shape index (κ3) is 4.42. The largest absolute Gasteiger partial charge is 0.355 e. The SMILES string of the molecule is CCCNC(=O)CNC1CC=CCC1. The van der Waals surface area contributed by atoms with Crippen molar-refractivity contribution in [2.24, 2.45) is 0 Å². The fourth-order valence-electron chi connectivity index (χ4n) is 1.54. The maximum Gasteiger partial charge on any atom is 0.233 e. The lowest BCUT2D eigenvalue weighted by atomic mass is 10.0. The van der Waals surface area contributed by atoms with E-state index in [1.807, 2.05) is 0 Å². The summed E-state index contributed by atoms with van der Waals surface area (Å²) >= 11 is 0. The molecule has 0 fully saturated rings. The Morgan fingerprint density at radius 3 is 3.00 bits per heavy atom. The summed E-state index contributed by atoms with van der Waals surface area (Å²) in [5.74, 6) is 0.112. The molecule has 3 nitrogen and oxygen atoms in total. The minimum Gasteiger partial charge on any atom is -0.355 e. The molecule has 0 saturated carbocycles. The van der Waals surface area contributed by atoms with E-state index in [1.54, 1.807) is 0 Å². The summed E-state index contributed by atoms with van der Waals surface area (Å²) in [6.45, 7) is 3.29. The quantitative estimate of drug-likeness (QED) is 0.649. The minimum atomic E-state index is 0.112. The molecule has 0 aromatic carbocycles. The van der Waals surface area contributed by atoms with E-state index in [-0.39, 0.29) is 5.91 Å². The van der Waals surface area contributed by atoms with Gasteiger partial charge in [-0.05, 0) is 25.7 Å². The molecule has 0 aromatic heterocycles. The van der Waals surface area contributed by atoms with Crippen LogP contribution in [0.3, 0.4) is 0 Å². The van der Waals surface area contributed by atoms with Crippen molar-refractivity contribution in [1.82, 2.24) is 10.6 Å². The molecule has 2 N–H and O–H groups in total. The molecule has 80 valence electrons. The fraction of sp³-hybridized carbons (Fsp3) is 0.727. The fourth-order valence-corrected chi connectivity index (χ4v) is 1.54. The van der Waals surface area contributed by atoms with Crippen LogP contribution in [0.15, 0.2) is 12.2 Å². The molecule has 3 heteroatoms. The zero-order chi connectivity index (χ0) is 10.2. The molecule has 1 amide bonds. The molecule has 1 aliphatic rings. The summed E-state index contributed by atoms with van der Waals surface area (Å²) in [5.41, 5.74) is 0. The maximum atomic E-state index is 11.3. The lowest BCUT2D eigenvalue weighted by Crippen LogP contribution is -2.39.